The van der Waals surface area contributed by atoms with E-state index in [1.54, 1.807) is 0 Å². The van der Waals surface area contributed by atoms with E-state index in [0.717, 1.165) is 102 Å². The predicted octanol–water partition coefficient (Wildman–Crippen LogP) is 17.0. The number of hydrogen-bond donors (Lipinski definition) is 3. The van der Waals surface area contributed by atoms with Gasteiger partial charge in [0.25, 0.3) is 0 Å². The summed E-state index contributed by atoms with van der Waals surface area (Å²) in [6.07, 6.45) is 39.2. The van der Waals surface area contributed by atoms with Gasteiger partial charge in [0, 0.05) is 25.7 Å². The smallest absolute Gasteiger partial charge is 0.462 e. The van der Waals surface area contributed by atoms with E-state index in [2.05, 4.69) is 34.6 Å². The maximum absolute atomic E-state index is 13.0. The fourth-order valence-corrected chi connectivity index (χ4v) is 10.8. The lowest BCUT2D eigenvalue weighted by molar-refractivity contribution is -0.161. The summed E-state index contributed by atoms with van der Waals surface area (Å²) in [4.78, 5) is 71.9. The van der Waals surface area contributed by atoms with E-state index >= 15 is 0 Å². The summed E-state index contributed by atoms with van der Waals surface area (Å²) in [5, 5.41) is 10.5. The SMILES string of the molecule is CCCCCCCCCCCCCCCC(=O)OC[C@H](COP(=O)(O)OC[C@@H](O)COP(=O)(O)OC[C@@H](COC(=O)CCCCCCC)OC(=O)CCCCCCCCCCC)OC(=O)CCCCCCCCCCCCC(C)CC. The van der Waals surface area contributed by atoms with Crippen molar-refractivity contribution in [3.8, 4) is 0 Å². The molecule has 0 aliphatic heterocycles. The molecule has 0 spiro atoms. The Morgan fingerprint density at radius 1 is 0.346 bits per heavy atom. The first-order valence-electron chi connectivity index (χ1n) is 32.7. The zero-order valence-corrected chi connectivity index (χ0v) is 53.7. The lowest BCUT2D eigenvalue weighted by atomic mass is 9.99. The van der Waals surface area contributed by atoms with Gasteiger partial charge in [0.1, 0.15) is 19.3 Å². The highest BCUT2D eigenvalue weighted by Crippen LogP contribution is 2.45. The average molecular weight is 1200 g/mol. The Bertz CT molecular complexity index is 1590. The third-order valence-corrected chi connectivity index (χ3v) is 16.5. The Hall–Kier alpha value is -1.94. The van der Waals surface area contributed by atoms with E-state index in [4.69, 9.17) is 37.0 Å². The Kier molecular flexibility index (Phi) is 54.6. The summed E-state index contributed by atoms with van der Waals surface area (Å²) in [5.74, 6) is -1.34. The molecule has 19 heteroatoms. The second kappa shape index (κ2) is 55.9. The van der Waals surface area contributed by atoms with E-state index in [1.165, 1.54) is 128 Å². The third-order valence-electron chi connectivity index (χ3n) is 14.6. The Labute approximate surface area is 492 Å². The summed E-state index contributed by atoms with van der Waals surface area (Å²) in [6.45, 7) is 7.10. The number of aliphatic hydroxyl groups excluding tert-OH is 1. The summed E-state index contributed by atoms with van der Waals surface area (Å²) in [6, 6.07) is 0. The van der Waals surface area contributed by atoms with Gasteiger partial charge in [-0.2, -0.15) is 0 Å². The first kappa shape index (κ1) is 79.1. The number of phosphoric ester groups is 2. The van der Waals surface area contributed by atoms with Gasteiger partial charge in [0.05, 0.1) is 26.4 Å². The molecule has 0 aromatic carbocycles. The van der Waals surface area contributed by atoms with Gasteiger partial charge < -0.3 is 33.8 Å². The maximum Gasteiger partial charge on any atom is 0.472 e. The van der Waals surface area contributed by atoms with Gasteiger partial charge >= 0.3 is 39.5 Å². The molecule has 0 aliphatic rings. The van der Waals surface area contributed by atoms with Crippen LogP contribution in [0.2, 0.25) is 0 Å². The second-order valence-corrected chi connectivity index (χ2v) is 25.6. The van der Waals surface area contributed by atoms with Crippen LogP contribution in [0.3, 0.4) is 0 Å². The van der Waals surface area contributed by atoms with E-state index in [9.17, 15) is 43.2 Å². The molecule has 0 rings (SSSR count). The van der Waals surface area contributed by atoms with Gasteiger partial charge in [-0.3, -0.25) is 37.3 Å². The van der Waals surface area contributed by atoms with Crippen LogP contribution in [-0.4, -0.2) is 96.7 Å². The van der Waals surface area contributed by atoms with Gasteiger partial charge in [-0.25, -0.2) is 9.13 Å². The molecule has 17 nitrogen and oxygen atoms in total. The summed E-state index contributed by atoms with van der Waals surface area (Å²) in [7, 11) is -9.87. The molecule has 6 atom stereocenters. The van der Waals surface area contributed by atoms with Crippen LogP contribution >= 0.6 is 15.6 Å². The van der Waals surface area contributed by atoms with Gasteiger partial charge in [0.15, 0.2) is 12.2 Å². The molecule has 0 radical (unpaired) electrons. The Balaban J connectivity index is 5.18. The van der Waals surface area contributed by atoms with Gasteiger partial charge in [0.2, 0.25) is 0 Å². The van der Waals surface area contributed by atoms with E-state index in [0.29, 0.717) is 25.7 Å². The summed E-state index contributed by atoms with van der Waals surface area (Å²) >= 11 is 0. The van der Waals surface area contributed by atoms with Crippen LogP contribution in [-0.2, 0) is 65.4 Å². The fraction of sp³-hybridized carbons (Fsp3) is 0.935. The molecule has 0 aromatic rings. The highest BCUT2D eigenvalue weighted by Gasteiger charge is 2.30. The molecule has 3 unspecified atom stereocenters. The molecule has 81 heavy (non-hydrogen) atoms. The average Bonchev–Trinajstić information content (AvgIpc) is 3.44. The minimum absolute atomic E-state index is 0.105. The molecule has 0 heterocycles. The van der Waals surface area contributed by atoms with Crippen molar-refractivity contribution in [2.75, 3.05) is 39.6 Å². The number of carbonyl (C=O) groups is 4. The van der Waals surface area contributed by atoms with Crippen molar-refractivity contribution < 1.29 is 80.2 Å². The van der Waals surface area contributed by atoms with E-state index < -0.39 is 97.5 Å². The Morgan fingerprint density at radius 3 is 0.877 bits per heavy atom. The highest BCUT2D eigenvalue weighted by molar-refractivity contribution is 7.47. The molecule has 0 fully saturated rings. The number of rotatable bonds is 62. The van der Waals surface area contributed by atoms with E-state index in [-0.39, 0.29) is 25.7 Å². The zero-order chi connectivity index (χ0) is 59.9. The summed E-state index contributed by atoms with van der Waals surface area (Å²) < 4.78 is 67.7. The van der Waals surface area contributed by atoms with Gasteiger partial charge in [-0.1, -0.05) is 259 Å². The predicted molar refractivity (Wildman–Crippen MR) is 322 cm³/mol. The van der Waals surface area contributed by atoms with E-state index in [1.807, 2.05) is 0 Å². The zero-order valence-electron chi connectivity index (χ0n) is 51.9. The topological polar surface area (TPSA) is 237 Å². The lowest BCUT2D eigenvalue weighted by Crippen LogP contribution is -2.30. The molecule has 3 N–H and O–H groups in total. The normalized spacial score (nSPS) is 14.6. The van der Waals surface area contributed by atoms with Crippen LogP contribution in [0.1, 0.15) is 311 Å². The molecule has 0 saturated heterocycles. The maximum atomic E-state index is 13.0. The number of carbonyl (C=O) groups excluding carboxylic acids is 4. The van der Waals surface area contributed by atoms with Crippen LogP contribution in [0, 0.1) is 5.92 Å². The summed E-state index contributed by atoms with van der Waals surface area (Å²) in [5.41, 5.74) is 0. The van der Waals surface area contributed by atoms with Crippen molar-refractivity contribution in [1.29, 1.82) is 0 Å². The number of esters is 4. The molecule has 0 saturated carbocycles. The standard InChI is InChI=1S/C62H120O17P2/c1-6-10-13-16-18-20-21-22-23-28-31-36-41-46-60(65)73-52-58(79-62(67)48-43-38-33-29-25-24-27-30-35-39-44-55(5)9-4)54-77-81(70,71)75-50-56(63)49-74-80(68,69)76-53-57(51-72-59(64)45-40-34-15-12-8-3)78-61(66)47-42-37-32-26-19-17-14-11-7-2/h55-58,63H,6-54H2,1-5H3,(H,68,69)(H,70,71)/t55?,56-,57+,58+/m0/s1. The molecule has 0 aliphatic carbocycles. The molecular formula is C62H120O17P2. The second-order valence-electron chi connectivity index (χ2n) is 22.7. The van der Waals surface area contributed by atoms with Crippen molar-refractivity contribution in [3.63, 3.8) is 0 Å². The first-order chi connectivity index (χ1) is 39.1. The van der Waals surface area contributed by atoms with Crippen LogP contribution in [0.25, 0.3) is 0 Å². The molecule has 480 valence electrons. The molecule has 0 amide bonds. The van der Waals surface area contributed by atoms with Crippen molar-refractivity contribution in [2.45, 2.75) is 329 Å². The first-order valence-corrected chi connectivity index (χ1v) is 35.7. The van der Waals surface area contributed by atoms with Crippen LogP contribution in [0.15, 0.2) is 0 Å². The largest absolute Gasteiger partial charge is 0.472 e. The minimum Gasteiger partial charge on any atom is -0.462 e. The van der Waals surface area contributed by atoms with Crippen molar-refractivity contribution in [1.82, 2.24) is 0 Å². The van der Waals surface area contributed by atoms with Crippen molar-refractivity contribution in [3.05, 3.63) is 0 Å². The highest BCUT2D eigenvalue weighted by atomic mass is 31.2. The van der Waals surface area contributed by atoms with Gasteiger partial charge in [-0.15, -0.1) is 0 Å². The number of unbranched alkanes of at least 4 members (excludes halogenated alkanes) is 33. The number of aliphatic hydroxyl groups is 1. The number of phosphoric acid groups is 2. The molecular weight excluding hydrogens is 1080 g/mol. The number of hydrogen-bond acceptors (Lipinski definition) is 15. The van der Waals surface area contributed by atoms with Crippen molar-refractivity contribution in [2.24, 2.45) is 5.92 Å². The monoisotopic (exact) mass is 1200 g/mol. The van der Waals surface area contributed by atoms with Crippen LogP contribution in [0.4, 0.5) is 0 Å². The van der Waals surface area contributed by atoms with Crippen LogP contribution < -0.4 is 0 Å². The quantitative estimate of drug-likeness (QED) is 0.0222. The Morgan fingerprint density at radius 2 is 0.593 bits per heavy atom. The number of ether oxygens (including phenoxy) is 4. The lowest BCUT2D eigenvalue weighted by Gasteiger charge is -2.21. The molecule has 0 aromatic heterocycles. The minimum atomic E-state index is -4.94. The fourth-order valence-electron chi connectivity index (χ4n) is 9.20. The van der Waals surface area contributed by atoms with Gasteiger partial charge in [-0.05, 0) is 31.6 Å². The third kappa shape index (κ3) is 55.7. The molecule has 0 bridgehead atoms. The van der Waals surface area contributed by atoms with Crippen LogP contribution in [0.5, 0.6) is 0 Å². The van der Waals surface area contributed by atoms with Crippen molar-refractivity contribution >= 4 is 39.5 Å².